The summed E-state index contributed by atoms with van der Waals surface area (Å²) in [5, 5.41) is 2.73. The molecule has 0 aromatic heterocycles. The van der Waals surface area contributed by atoms with Crippen molar-refractivity contribution in [2.45, 2.75) is 77.9 Å². The second-order valence-corrected chi connectivity index (χ2v) is 5.24. The van der Waals surface area contributed by atoms with E-state index in [1.165, 1.54) is 0 Å². The third kappa shape index (κ3) is 3.24. The Labute approximate surface area is 110 Å². The van der Waals surface area contributed by atoms with Gasteiger partial charge in [-0.2, -0.15) is 0 Å². The van der Waals surface area contributed by atoms with Gasteiger partial charge in [-0.05, 0) is 26.7 Å². The highest BCUT2D eigenvalue weighted by atomic mass is 16.2. The molecule has 1 aliphatic heterocycles. The fraction of sp³-hybridized carbons (Fsp3) is 0.857. The second kappa shape index (κ2) is 6.76. The van der Waals surface area contributed by atoms with Crippen LogP contribution in [-0.2, 0) is 9.59 Å². The molecule has 3 atom stereocenters. The normalized spacial score (nSPS) is 26.1. The van der Waals surface area contributed by atoms with Crippen molar-refractivity contribution in [2.75, 3.05) is 0 Å². The third-order valence-corrected chi connectivity index (χ3v) is 3.69. The summed E-state index contributed by atoms with van der Waals surface area (Å²) in [7, 11) is 0. The van der Waals surface area contributed by atoms with E-state index in [0.29, 0.717) is 0 Å². The maximum atomic E-state index is 12.3. The van der Waals surface area contributed by atoms with E-state index in [4.69, 9.17) is 0 Å². The van der Waals surface area contributed by atoms with E-state index in [-0.39, 0.29) is 29.9 Å². The molecule has 1 rings (SSSR count). The summed E-state index contributed by atoms with van der Waals surface area (Å²) in [6.45, 7) is 7.87. The van der Waals surface area contributed by atoms with Crippen molar-refractivity contribution in [3.8, 4) is 0 Å². The number of amides is 2. The van der Waals surface area contributed by atoms with Crippen LogP contribution in [0, 0.1) is 0 Å². The Kier molecular flexibility index (Phi) is 5.63. The lowest BCUT2D eigenvalue weighted by Gasteiger charge is -2.41. The van der Waals surface area contributed by atoms with Crippen LogP contribution in [0.25, 0.3) is 0 Å². The SMILES string of the molecule is CCCCC(CCC)N1C(=O)C(C)NC(=O)C1C. The first kappa shape index (κ1) is 15.0. The van der Waals surface area contributed by atoms with Crippen molar-refractivity contribution in [3.05, 3.63) is 0 Å². The highest BCUT2D eigenvalue weighted by Crippen LogP contribution is 2.21. The number of rotatable bonds is 6. The van der Waals surface area contributed by atoms with Crippen LogP contribution in [0.1, 0.15) is 59.8 Å². The summed E-state index contributed by atoms with van der Waals surface area (Å²) in [4.78, 5) is 25.9. The number of nitrogens with one attached hydrogen (secondary N) is 1. The summed E-state index contributed by atoms with van der Waals surface area (Å²) >= 11 is 0. The molecule has 0 aromatic carbocycles. The van der Waals surface area contributed by atoms with Gasteiger partial charge in [0.2, 0.25) is 11.8 Å². The largest absolute Gasteiger partial charge is 0.343 e. The standard InChI is InChI=1S/C14H26N2O2/c1-5-7-9-12(8-6-2)16-11(4)13(17)15-10(3)14(16)18/h10-12H,5-9H2,1-4H3,(H,15,17). The van der Waals surface area contributed by atoms with E-state index in [1.807, 2.05) is 11.8 Å². The number of hydrogen-bond acceptors (Lipinski definition) is 2. The van der Waals surface area contributed by atoms with Gasteiger partial charge in [-0.3, -0.25) is 9.59 Å². The van der Waals surface area contributed by atoms with Crippen LogP contribution >= 0.6 is 0 Å². The predicted molar refractivity (Wildman–Crippen MR) is 72.1 cm³/mol. The Morgan fingerprint density at radius 2 is 1.83 bits per heavy atom. The Balaban J connectivity index is 2.84. The lowest BCUT2D eigenvalue weighted by Crippen LogP contribution is -2.64. The van der Waals surface area contributed by atoms with Gasteiger partial charge in [0.05, 0.1) is 0 Å². The maximum Gasteiger partial charge on any atom is 0.245 e. The highest BCUT2D eigenvalue weighted by Gasteiger charge is 2.38. The van der Waals surface area contributed by atoms with Crippen LogP contribution in [0.2, 0.25) is 0 Å². The number of hydrogen-bond donors (Lipinski definition) is 1. The van der Waals surface area contributed by atoms with Crippen LogP contribution in [-0.4, -0.2) is 34.8 Å². The van der Waals surface area contributed by atoms with Crippen LogP contribution in [0.3, 0.4) is 0 Å². The van der Waals surface area contributed by atoms with Gasteiger partial charge in [-0.25, -0.2) is 0 Å². The van der Waals surface area contributed by atoms with Crippen molar-refractivity contribution in [1.29, 1.82) is 0 Å². The zero-order chi connectivity index (χ0) is 13.7. The second-order valence-electron chi connectivity index (χ2n) is 5.24. The average molecular weight is 254 g/mol. The molecule has 0 bridgehead atoms. The molecule has 18 heavy (non-hydrogen) atoms. The molecule has 0 radical (unpaired) electrons. The van der Waals surface area contributed by atoms with Gasteiger partial charge in [0.1, 0.15) is 12.1 Å². The van der Waals surface area contributed by atoms with Gasteiger partial charge in [-0.1, -0.05) is 33.1 Å². The number of piperazine rings is 1. The quantitative estimate of drug-likeness (QED) is 0.789. The molecule has 2 amide bonds. The van der Waals surface area contributed by atoms with Gasteiger partial charge in [0.15, 0.2) is 0 Å². The number of carbonyl (C=O) groups excluding carboxylic acids is 2. The van der Waals surface area contributed by atoms with E-state index in [0.717, 1.165) is 32.1 Å². The van der Waals surface area contributed by atoms with Crippen LogP contribution in [0.15, 0.2) is 0 Å². The fourth-order valence-electron chi connectivity index (χ4n) is 2.63. The average Bonchev–Trinajstić information content (AvgIpc) is 2.33. The van der Waals surface area contributed by atoms with Gasteiger partial charge in [-0.15, -0.1) is 0 Å². The summed E-state index contributed by atoms with van der Waals surface area (Å²) in [5.74, 6) is 0.0383. The maximum absolute atomic E-state index is 12.3. The molecule has 4 nitrogen and oxygen atoms in total. The molecule has 0 aromatic rings. The van der Waals surface area contributed by atoms with Gasteiger partial charge in [0, 0.05) is 6.04 Å². The number of carbonyl (C=O) groups is 2. The molecule has 104 valence electrons. The zero-order valence-electron chi connectivity index (χ0n) is 12.0. The molecule has 1 aliphatic rings. The molecule has 1 N–H and O–H groups in total. The van der Waals surface area contributed by atoms with Crippen LogP contribution < -0.4 is 5.32 Å². The van der Waals surface area contributed by atoms with Gasteiger partial charge >= 0.3 is 0 Å². The molecule has 3 unspecified atom stereocenters. The number of unbranched alkanes of at least 4 members (excludes halogenated alkanes) is 1. The summed E-state index contributed by atoms with van der Waals surface area (Å²) in [5.41, 5.74) is 0. The molecule has 0 spiro atoms. The van der Waals surface area contributed by atoms with Gasteiger partial charge < -0.3 is 10.2 Å². The molecule has 0 aliphatic carbocycles. The minimum atomic E-state index is -0.380. The molecule has 4 heteroatoms. The lowest BCUT2D eigenvalue weighted by molar-refractivity contribution is -0.151. The molecule has 1 heterocycles. The first-order valence-electron chi connectivity index (χ1n) is 7.15. The van der Waals surface area contributed by atoms with E-state index in [9.17, 15) is 9.59 Å². The summed E-state index contributed by atoms with van der Waals surface area (Å²) in [6.07, 6.45) is 5.26. The topological polar surface area (TPSA) is 49.4 Å². The number of nitrogens with zero attached hydrogens (tertiary/aromatic N) is 1. The van der Waals surface area contributed by atoms with E-state index >= 15 is 0 Å². The minimum Gasteiger partial charge on any atom is -0.343 e. The van der Waals surface area contributed by atoms with E-state index < -0.39 is 0 Å². The van der Waals surface area contributed by atoms with Gasteiger partial charge in [0.25, 0.3) is 0 Å². The first-order chi connectivity index (χ1) is 8.52. The van der Waals surface area contributed by atoms with E-state index in [1.54, 1.807) is 6.92 Å². The summed E-state index contributed by atoms with van der Waals surface area (Å²) in [6, 6.07) is -0.497. The van der Waals surface area contributed by atoms with Crippen molar-refractivity contribution in [2.24, 2.45) is 0 Å². The van der Waals surface area contributed by atoms with Crippen molar-refractivity contribution in [1.82, 2.24) is 10.2 Å². The molecular formula is C14H26N2O2. The fourth-order valence-corrected chi connectivity index (χ4v) is 2.63. The minimum absolute atomic E-state index is 0.0281. The highest BCUT2D eigenvalue weighted by molar-refractivity contribution is 5.96. The predicted octanol–water partition coefficient (Wildman–Crippen LogP) is 2.08. The Bertz CT molecular complexity index is 304. The third-order valence-electron chi connectivity index (χ3n) is 3.69. The van der Waals surface area contributed by atoms with Crippen molar-refractivity contribution < 1.29 is 9.59 Å². The molecule has 1 fully saturated rings. The molecular weight excluding hydrogens is 228 g/mol. The van der Waals surface area contributed by atoms with Crippen LogP contribution in [0.5, 0.6) is 0 Å². The monoisotopic (exact) mass is 254 g/mol. The smallest absolute Gasteiger partial charge is 0.245 e. The van der Waals surface area contributed by atoms with Crippen molar-refractivity contribution >= 4 is 11.8 Å². The first-order valence-corrected chi connectivity index (χ1v) is 7.15. The van der Waals surface area contributed by atoms with E-state index in [2.05, 4.69) is 19.2 Å². The molecule has 1 saturated heterocycles. The lowest BCUT2D eigenvalue weighted by atomic mass is 9.98. The van der Waals surface area contributed by atoms with Crippen molar-refractivity contribution in [3.63, 3.8) is 0 Å². The Morgan fingerprint density at radius 3 is 2.39 bits per heavy atom. The molecule has 0 saturated carbocycles. The zero-order valence-corrected chi connectivity index (χ0v) is 12.0. The van der Waals surface area contributed by atoms with Crippen LogP contribution in [0.4, 0.5) is 0 Å². The Hall–Kier alpha value is -1.06. The Morgan fingerprint density at radius 1 is 1.17 bits per heavy atom. The summed E-state index contributed by atoms with van der Waals surface area (Å²) < 4.78 is 0.